The maximum Gasteiger partial charge on any atom is 0.204 e. The minimum Gasteiger partial charge on any atom is -0.506 e. The Morgan fingerprint density at radius 1 is 1.37 bits per heavy atom. The fraction of sp³-hybridized carbons (Fsp3) is 0.333. The molecule has 0 spiro atoms. The van der Waals surface area contributed by atoms with Crippen LogP contribution >= 0.6 is 23.2 Å². The highest BCUT2D eigenvalue weighted by atomic mass is 35.5. The number of phenols is 1. The van der Waals surface area contributed by atoms with Crippen molar-refractivity contribution in [3.05, 3.63) is 39.5 Å². The molecule has 0 unspecified atom stereocenters. The lowest BCUT2D eigenvalue weighted by molar-refractivity contribution is -0.106. The number of carbonyl (C=O) groups is 1. The van der Waals surface area contributed by atoms with Gasteiger partial charge in [-0.05, 0) is 31.6 Å². The Morgan fingerprint density at radius 2 is 1.93 bits per heavy atom. The van der Waals surface area contributed by atoms with Gasteiger partial charge in [-0.15, -0.1) is 0 Å². The van der Waals surface area contributed by atoms with Gasteiger partial charge in [0.2, 0.25) is 6.41 Å². The molecule has 0 saturated heterocycles. The Hall–Kier alpha value is -2.38. The Morgan fingerprint density at radius 3 is 2.41 bits per heavy atom. The molecular formula is C18H26Cl2N4O3. The molecule has 1 amide bonds. The number of nitrogens with zero attached hydrogens (tertiary/aromatic N) is 2. The standard InChI is InChI=1S/C15H17Cl2N3O2.C2H6.CH3NO/c1-4-5-11(22-3)13-8(2)15(18)20(19-13)14-9(16)6-7-10(21)12(14)17;1-2;2-1-3/h5-7,21H,4,18H2,1-3H3;1-2H3;1H,(H2,2,3)/b11-5-;;. The summed E-state index contributed by atoms with van der Waals surface area (Å²) in [5.74, 6) is 0.910. The number of ether oxygens (including phenoxy) is 1. The van der Waals surface area contributed by atoms with Crippen LogP contribution in [0.5, 0.6) is 5.75 Å². The van der Waals surface area contributed by atoms with Crippen LogP contribution in [-0.2, 0) is 9.53 Å². The number of aromatic nitrogens is 2. The average Bonchev–Trinajstić information content (AvgIpc) is 2.94. The first-order valence-corrected chi connectivity index (χ1v) is 9.01. The number of allylic oxidation sites excluding steroid dienone is 1. The second-order valence-electron chi connectivity index (χ2n) is 4.82. The van der Waals surface area contributed by atoms with Crippen molar-refractivity contribution in [2.24, 2.45) is 5.73 Å². The first kappa shape index (κ1) is 24.6. The van der Waals surface area contributed by atoms with Gasteiger partial charge < -0.3 is 21.3 Å². The number of methoxy groups -OCH3 is 1. The summed E-state index contributed by atoms with van der Waals surface area (Å²) in [7, 11) is 1.57. The van der Waals surface area contributed by atoms with Gasteiger partial charge in [-0.25, -0.2) is 4.68 Å². The molecule has 0 aliphatic rings. The largest absolute Gasteiger partial charge is 0.506 e. The molecule has 1 heterocycles. The van der Waals surface area contributed by atoms with Crippen LogP contribution in [0, 0.1) is 6.92 Å². The van der Waals surface area contributed by atoms with E-state index in [0.717, 1.165) is 12.0 Å². The first-order valence-electron chi connectivity index (χ1n) is 8.26. The van der Waals surface area contributed by atoms with Crippen molar-refractivity contribution in [2.45, 2.75) is 34.1 Å². The summed E-state index contributed by atoms with van der Waals surface area (Å²) in [6.07, 6.45) is 2.95. The number of rotatable bonds is 4. The molecule has 5 N–H and O–H groups in total. The second-order valence-corrected chi connectivity index (χ2v) is 5.60. The van der Waals surface area contributed by atoms with Gasteiger partial charge in [0, 0.05) is 5.56 Å². The number of aromatic hydroxyl groups is 1. The zero-order valence-corrected chi connectivity index (χ0v) is 17.6. The lowest BCUT2D eigenvalue weighted by Crippen LogP contribution is -2.04. The number of hydrogen-bond acceptors (Lipinski definition) is 5. The van der Waals surface area contributed by atoms with E-state index in [1.54, 1.807) is 7.11 Å². The zero-order valence-electron chi connectivity index (χ0n) is 16.1. The summed E-state index contributed by atoms with van der Waals surface area (Å²) >= 11 is 12.3. The number of halogens is 2. The molecule has 1 aromatic heterocycles. The average molecular weight is 417 g/mol. The van der Waals surface area contributed by atoms with Crippen molar-refractivity contribution in [1.29, 1.82) is 0 Å². The Bertz CT molecular complexity index is 789. The van der Waals surface area contributed by atoms with E-state index in [-0.39, 0.29) is 17.2 Å². The van der Waals surface area contributed by atoms with Crippen molar-refractivity contribution in [2.75, 3.05) is 12.8 Å². The van der Waals surface area contributed by atoms with Gasteiger partial charge in [-0.3, -0.25) is 4.79 Å². The van der Waals surface area contributed by atoms with Gasteiger partial charge in [-0.2, -0.15) is 5.10 Å². The molecule has 2 rings (SSSR count). The zero-order chi connectivity index (χ0) is 21.1. The Balaban J connectivity index is 0.00000123. The van der Waals surface area contributed by atoms with E-state index in [9.17, 15) is 5.11 Å². The second kappa shape index (κ2) is 12.1. The Labute approximate surface area is 169 Å². The van der Waals surface area contributed by atoms with Crippen LogP contribution in [-0.4, -0.2) is 28.4 Å². The number of hydrogen-bond donors (Lipinski definition) is 3. The highest BCUT2D eigenvalue weighted by Gasteiger charge is 2.21. The van der Waals surface area contributed by atoms with Crippen LogP contribution in [0.2, 0.25) is 10.0 Å². The molecular weight excluding hydrogens is 391 g/mol. The number of amides is 1. The molecule has 150 valence electrons. The summed E-state index contributed by atoms with van der Waals surface area (Å²) in [6, 6.07) is 2.95. The van der Waals surface area contributed by atoms with Crippen LogP contribution in [0.3, 0.4) is 0 Å². The van der Waals surface area contributed by atoms with Crippen LogP contribution in [0.15, 0.2) is 18.2 Å². The highest BCUT2D eigenvalue weighted by molar-refractivity contribution is 6.38. The normalized spacial score (nSPS) is 10.3. The number of phenolic OH excluding ortho intramolecular Hbond substituents is 1. The van der Waals surface area contributed by atoms with E-state index in [1.165, 1.54) is 16.8 Å². The van der Waals surface area contributed by atoms with Gasteiger partial charge in [-0.1, -0.05) is 44.0 Å². The smallest absolute Gasteiger partial charge is 0.204 e. The molecule has 2 aromatic rings. The maximum atomic E-state index is 9.78. The van der Waals surface area contributed by atoms with E-state index in [0.29, 0.717) is 28.0 Å². The third-order valence-electron chi connectivity index (χ3n) is 3.27. The van der Waals surface area contributed by atoms with Crippen molar-refractivity contribution < 1.29 is 14.6 Å². The molecule has 0 bridgehead atoms. The Kier molecular flexibility index (Phi) is 11.0. The number of primary amides is 1. The van der Waals surface area contributed by atoms with E-state index in [1.807, 2.05) is 33.8 Å². The van der Waals surface area contributed by atoms with Crippen molar-refractivity contribution in [3.8, 4) is 11.4 Å². The number of anilines is 1. The van der Waals surface area contributed by atoms with E-state index in [4.69, 9.17) is 38.5 Å². The minimum absolute atomic E-state index is 0.0895. The SMILES string of the molecule is CC.CC/C=C(\OC)c1nn(-c2c(Cl)ccc(O)c2Cl)c(N)c1C.NC=O. The third-order valence-corrected chi connectivity index (χ3v) is 3.95. The van der Waals surface area contributed by atoms with Crippen LogP contribution < -0.4 is 11.5 Å². The van der Waals surface area contributed by atoms with Crippen molar-refractivity contribution in [3.63, 3.8) is 0 Å². The summed E-state index contributed by atoms with van der Waals surface area (Å²) in [6.45, 7) is 7.83. The fourth-order valence-electron chi connectivity index (χ4n) is 2.10. The first-order chi connectivity index (χ1) is 12.8. The van der Waals surface area contributed by atoms with Gasteiger partial charge in [0.1, 0.15) is 33.7 Å². The van der Waals surface area contributed by atoms with Crippen molar-refractivity contribution in [1.82, 2.24) is 9.78 Å². The molecule has 0 aliphatic carbocycles. The van der Waals surface area contributed by atoms with Crippen LogP contribution in [0.4, 0.5) is 5.82 Å². The highest BCUT2D eigenvalue weighted by Crippen LogP contribution is 2.37. The monoisotopic (exact) mass is 416 g/mol. The number of nitrogen functional groups attached to an aromatic ring is 1. The molecule has 0 aliphatic heterocycles. The predicted molar refractivity (Wildman–Crippen MR) is 111 cm³/mol. The molecule has 27 heavy (non-hydrogen) atoms. The van der Waals surface area contributed by atoms with Gasteiger partial charge in [0.25, 0.3) is 0 Å². The minimum atomic E-state index is -0.0914. The molecule has 7 nitrogen and oxygen atoms in total. The summed E-state index contributed by atoms with van der Waals surface area (Å²) in [4.78, 5) is 8.58. The van der Waals surface area contributed by atoms with Crippen LogP contribution in [0.1, 0.15) is 38.4 Å². The van der Waals surface area contributed by atoms with Gasteiger partial charge >= 0.3 is 0 Å². The maximum absolute atomic E-state index is 9.78. The lowest BCUT2D eigenvalue weighted by atomic mass is 10.2. The molecule has 1 aromatic carbocycles. The number of benzene rings is 1. The van der Waals surface area contributed by atoms with E-state index in [2.05, 4.69) is 10.8 Å². The summed E-state index contributed by atoms with van der Waals surface area (Å²) < 4.78 is 6.77. The van der Waals surface area contributed by atoms with Crippen LogP contribution in [0.25, 0.3) is 11.4 Å². The summed E-state index contributed by atoms with van der Waals surface area (Å²) in [5.41, 5.74) is 12.0. The topological polar surface area (TPSA) is 116 Å². The molecule has 0 atom stereocenters. The quantitative estimate of drug-likeness (QED) is 0.507. The summed E-state index contributed by atoms with van der Waals surface area (Å²) in [5, 5.41) is 14.7. The van der Waals surface area contributed by atoms with E-state index < -0.39 is 0 Å². The molecule has 0 radical (unpaired) electrons. The van der Waals surface area contributed by atoms with Gasteiger partial charge in [0.05, 0.1) is 12.1 Å². The molecule has 0 fully saturated rings. The number of nitrogens with two attached hydrogens (primary N) is 2. The van der Waals surface area contributed by atoms with Gasteiger partial charge in [0.15, 0.2) is 0 Å². The molecule has 0 saturated carbocycles. The fourth-order valence-corrected chi connectivity index (χ4v) is 2.63. The third kappa shape index (κ3) is 5.80. The lowest BCUT2D eigenvalue weighted by Gasteiger charge is -2.10. The number of carbonyl (C=O) groups excluding carboxylic acids is 1. The predicted octanol–water partition coefficient (Wildman–Crippen LogP) is 4.30. The van der Waals surface area contributed by atoms with Crippen molar-refractivity contribution >= 4 is 41.2 Å². The van der Waals surface area contributed by atoms with E-state index >= 15 is 0 Å². The molecule has 9 heteroatoms.